The van der Waals surface area contributed by atoms with Crippen molar-refractivity contribution in [2.45, 2.75) is 23.9 Å². The van der Waals surface area contributed by atoms with E-state index in [9.17, 15) is 4.79 Å². The van der Waals surface area contributed by atoms with Gasteiger partial charge in [-0.25, -0.2) is 4.98 Å². The molecule has 2 aromatic heterocycles. The Labute approximate surface area is 156 Å². The normalized spacial score (nSPS) is 17.0. The third kappa shape index (κ3) is 3.26. The average molecular weight is 368 g/mol. The van der Waals surface area contributed by atoms with Gasteiger partial charge in [-0.05, 0) is 43.4 Å². The van der Waals surface area contributed by atoms with Gasteiger partial charge in [-0.2, -0.15) is 4.98 Å². The Balaban J connectivity index is 1.46. The predicted molar refractivity (Wildman–Crippen MR) is 103 cm³/mol. The molecule has 26 heavy (non-hydrogen) atoms. The van der Waals surface area contributed by atoms with E-state index in [-0.39, 0.29) is 11.9 Å². The number of carbonyl (C=O) groups is 1. The van der Waals surface area contributed by atoms with Crippen LogP contribution in [0.15, 0.2) is 52.0 Å². The molecule has 0 radical (unpaired) electrons. The van der Waals surface area contributed by atoms with E-state index >= 15 is 0 Å². The van der Waals surface area contributed by atoms with Crippen molar-refractivity contribution in [3.05, 3.63) is 48.2 Å². The highest BCUT2D eigenvalue weighted by atomic mass is 32.2. The second-order valence-electron chi connectivity index (χ2n) is 6.22. The number of anilines is 1. The monoisotopic (exact) mass is 368 g/mol. The van der Waals surface area contributed by atoms with Crippen LogP contribution in [-0.2, 0) is 0 Å². The lowest BCUT2D eigenvalue weighted by Crippen LogP contribution is -2.40. The molecular formula is C19H20N4O2S. The maximum absolute atomic E-state index is 12.5. The molecule has 1 atom stereocenters. The number of pyridine rings is 1. The lowest BCUT2D eigenvalue weighted by atomic mass is 10.2. The maximum Gasteiger partial charge on any atom is 0.298 e. The molecule has 0 aliphatic carbocycles. The maximum atomic E-state index is 12.5. The molecule has 134 valence electrons. The molecule has 1 fully saturated rings. The average Bonchev–Trinajstić information content (AvgIpc) is 3.32. The lowest BCUT2D eigenvalue weighted by Gasteiger charge is -2.23. The van der Waals surface area contributed by atoms with Crippen LogP contribution in [0.1, 0.15) is 23.2 Å². The number of benzene rings is 1. The van der Waals surface area contributed by atoms with Gasteiger partial charge in [-0.15, -0.1) is 11.8 Å². The summed E-state index contributed by atoms with van der Waals surface area (Å²) >= 11 is 1.47. The van der Waals surface area contributed by atoms with Gasteiger partial charge < -0.3 is 14.6 Å². The molecular weight excluding hydrogens is 348 g/mol. The van der Waals surface area contributed by atoms with Crippen LogP contribution in [0.25, 0.3) is 11.1 Å². The molecule has 3 heterocycles. The van der Waals surface area contributed by atoms with Crippen LogP contribution in [0.2, 0.25) is 0 Å². The number of aromatic nitrogens is 2. The van der Waals surface area contributed by atoms with Crippen LogP contribution in [0.5, 0.6) is 0 Å². The van der Waals surface area contributed by atoms with E-state index in [1.165, 1.54) is 11.8 Å². The minimum atomic E-state index is -0.0909. The van der Waals surface area contributed by atoms with Gasteiger partial charge in [0.15, 0.2) is 5.58 Å². The highest BCUT2D eigenvalue weighted by molar-refractivity contribution is 7.98. The molecule has 1 aromatic carbocycles. The molecule has 4 rings (SSSR count). The van der Waals surface area contributed by atoms with Gasteiger partial charge in [-0.3, -0.25) is 4.79 Å². The number of para-hydroxylation sites is 2. The summed E-state index contributed by atoms with van der Waals surface area (Å²) in [5.74, 6) is -0.0909. The molecule has 1 amide bonds. The number of oxazole rings is 1. The Morgan fingerprint density at radius 3 is 3.08 bits per heavy atom. The van der Waals surface area contributed by atoms with Gasteiger partial charge in [0.25, 0.3) is 11.9 Å². The number of hydrogen-bond donors (Lipinski definition) is 1. The van der Waals surface area contributed by atoms with E-state index in [1.807, 2.05) is 30.5 Å². The summed E-state index contributed by atoms with van der Waals surface area (Å²) in [5, 5.41) is 3.79. The first kappa shape index (κ1) is 16.9. The molecule has 0 saturated carbocycles. The van der Waals surface area contributed by atoms with E-state index in [0.29, 0.717) is 18.1 Å². The van der Waals surface area contributed by atoms with Crippen molar-refractivity contribution in [1.82, 2.24) is 15.3 Å². The van der Waals surface area contributed by atoms with Crippen LogP contribution in [-0.4, -0.2) is 41.3 Å². The SMILES string of the molecule is CSc1ncccc1C(=O)NCC1CCCN1c1nc2ccccc2o1. The van der Waals surface area contributed by atoms with Crippen LogP contribution < -0.4 is 10.2 Å². The van der Waals surface area contributed by atoms with Crippen LogP contribution >= 0.6 is 11.8 Å². The van der Waals surface area contributed by atoms with Crippen molar-refractivity contribution in [2.75, 3.05) is 24.2 Å². The van der Waals surface area contributed by atoms with Gasteiger partial charge in [0.05, 0.1) is 11.6 Å². The Hall–Kier alpha value is -2.54. The number of fused-ring (bicyclic) bond motifs is 1. The predicted octanol–water partition coefficient (Wildman–Crippen LogP) is 3.34. The smallest absolute Gasteiger partial charge is 0.298 e. The van der Waals surface area contributed by atoms with Crippen molar-refractivity contribution < 1.29 is 9.21 Å². The van der Waals surface area contributed by atoms with Crippen molar-refractivity contribution in [1.29, 1.82) is 0 Å². The number of nitrogens with zero attached hydrogens (tertiary/aromatic N) is 3. The Bertz CT molecular complexity index is 894. The fraction of sp³-hybridized carbons (Fsp3) is 0.316. The van der Waals surface area contributed by atoms with E-state index in [0.717, 1.165) is 35.5 Å². The molecule has 0 spiro atoms. The minimum absolute atomic E-state index is 0.0909. The van der Waals surface area contributed by atoms with Crippen molar-refractivity contribution in [2.24, 2.45) is 0 Å². The van der Waals surface area contributed by atoms with E-state index in [4.69, 9.17) is 4.42 Å². The minimum Gasteiger partial charge on any atom is -0.423 e. The van der Waals surface area contributed by atoms with Crippen LogP contribution in [0.3, 0.4) is 0 Å². The van der Waals surface area contributed by atoms with Crippen LogP contribution in [0, 0.1) is 0 Å². The number of hydrogen-bond acceptors (Lipinski definition) is 6. The summed E-state index contributed by atoms with van der Waals surface area (Å²) in [4.78, 5) is 23.5. The fourth-order valence-electron chi connectivity index (χ4n) is 3.31. The standard InChI is InChI=1S/C19H20N4O2S/c1-26-18-14(7-4-10-20-18)17(24)21-12-13-6-5-11-23(13)19-22-15-8-2-3-9-16(15)25-19/h2-4,7-10,13H,5-6,11-12H2,1H3,(H,21,24). The van der Waals surface area contributed by atoms with Gasteiger partial charge >= 0.3 is 0 Å². The third-order valence-electron chi connectivity index (χ3n) is 4.61. The molecule has 1 unspecified atom stereocenters. The van der Waals surface area contributed by atoms with Crippen molar-refractivity contribution in [3.63, 3.8) is 0 Å². The molecule has 1 N–H and O–H groups in total. The Kier molecular flexibility index (Phi) is 4.79. The Morgan fingerprint density at radius 1 is 1.35 bits per heavy atom. The number of rotatable bonds is 5. The van der Waals surface area contributed by atoms with Gasteiger partial charge in [0, 0.05) is 19.3 Å². The summed E-state index contributed by atoms with van der Waals surface area (Å²) in [6, 6.07) is 12.2. The number of thioether (sulfide) groups is 1. The molecule has 3 aromatic rings. The lowest BCUT2D eigenvalue weighted by molar-refractivity contribution is 0.0947. The zero-order chi connectivity index (χ0) is 17.9. The van der Waals surface area contributed by atoms with E-state index in [2.05, 4.69) is 20.2 Å². The largest absolute Gasteiger partial charge is 0.423 e. The molecule has 1 aliphatic heterocycles. The van der Waals surface area contributed by atoms with Gasteiger partial charge in [0.2, 0.25) is 0 Å². The first-order valence-corrected chi connectivity index (χ1v) is 9.88. The first-order valence-electron chi connectivity index (χ1n) is 8.65. The van der Waals surface area contributed by atoms with E-state index < -0.39 is 0 Å². The van der Waals surface area contributed by atoms with E-state index in [1.54, 1.807) is 18.3 Å². The fourth-order valence-corrected chi connectivity index (χ4v) is 3.86. The summed E-state index contributed by atoms with van der Waals surface area (Å²) in [5.41, 5.74) is 2.26. The Morgan fingerprint density at radius 2 is 2.23 bits per heavy atom. The zero-order valence-electron chi connectivity index (χ0n) is 14.5. The van der Waals surface area contributed by atoms with Crippen molar-refractivity contribution >= 4 is 34.8 Å². The van der Waals surface area contributed by atoms with Crippen LogP contribution in [0.4, 0.5) is 6.01 Å². The molecule has 1 saturated heterocycles. The zero-order valence-corrected chi connectivity index (χ0v) is 15.3. The number of nitrogens with one attached hydrogen (secondary N) is 1. The number of amides is 1. The molecule has 0 bridgehead atoms. The number of carbonyl (C=O) groups excluding carboxylic acids is 1. The second-order valence-corrected chi connectivity index (χ2v) is 7.02. The summed E-state index contributed by atoms with van der Waals surface area (Å²) in [6.45, 7) is 1.44. The molecule has 1 aliphatic rings. The van der Waals surface area contributed by atoms with Gasteiger partial charge in [-0.1, -0.05) is 12.1 Å². The van der Waals surface area contributed by atoms with Crippen molar-refractivity contribution in [3.8, 4) is 0 Å². The summed E-state index contributed by atoms with van der Waals surface area (Å²) < 4.78 is 5.90. The van der Waals surface area contributed by atoms with Gasteiger partial charge in [0.1, 0.15) is 10.5 Å². The quantitative estimate of drug-likeness (QED) is 0.697. The molecule has 7 heteroatoms. The molecule has 6 nitrogen and oxygen atoms in total. The highest BCUT2D eigenvalue weighted by Crippen LogP contribution is 2.28. The summed E-state index contributed by atoms with van der Waals surface area (Å²) in [6.07, 6.45) is 5.68. The summed E-state index contributed by atoms with van der Waals surface area (Å²) in [7, 11) is 0. The third-order valence-corrected chi connectivity index (χ3v) is 5.32. The first-order chi connectivity index (χ1) is 12.8. The highest BCUT2D eigenvalue weighted by Gasteiger charge is 2.29. The second kappa shape index (κ2) is 7.37. The topological polar surface area (TPSA) is 71.3 Å².